The van der Waals surface area contributed by atoms with Gasteiger partial charge >= 0.3 is 0 Å². The number of hydrogen-bond donors (Lipinski definition) is 1. The minimum atomic E-state index is -0.547. The van der Waals surface area contributed by atoms with E-state index in [2.05, 4.69) is 0 Å². The summed E-state index contributed by atoms with van der Waals surface area (Å²) in [6.45, 7) is 2.00. The zero-order valence-corrected chi connectivity index (χ0v) is 16.8. The van der Waals surface area contributed by atoms with E-state index in [1.54, 1.807) is 12.1 Å². The maximum atomic E-state index is 13.2. The van der Waals surface area contributed by atoms with Gasteiger partial charge in [-0.1, -0.05) is 29.8 Å². The van der Waals surface area contributed by atoms with Crippen LogP contribution in [0, 0.1) is 11.8 Å². The smallest absolute Gasteiger partial charge is 0.257 e. The molecule has 2 heterocycles. The van der Waals surface area contributed by atoms with Crippen LogP contribution in [0.15, 0.2) is 42.5 Å². The van der Waals surface area contributed by atoms with E-state index >= 15 is 0 Å². The number of rotatable bonds is 3. The van der Waals surface area contributed by atoms with Crippen LogP contribution >= 0.6 is 11.6 Å². The molecule has 0 bridgehead atoms. The van der Waals surface area contributed by atoms with Gasteiger partial charge in [0.1, 0.15) is 17.6 Å². The first kappa shape index (κ1) is 18.8. The van der Waals surface area contributed by atoms with Crippen LogP contribution < -0.4 is 9.47 Å². The van der Waals surface area contributed by atoms with Crippen molar-refractivity contribution in [3.05, 3.63) is 58.6 Å². The minimum absolute atomic E-state index is 0.0277. The lowest BCUT2D eigenvalue weighted by molar-refractivity contribution is -0.0231. The third-order valence-electron chi connectivity index (χ3n) is 6.40. The number of fused-ring (bicyclic) bond motifs is 2. The Hall–Kier alpha value is -2.24. The van der Waals surface area contributed by atoms with Crippen molar-refractivity contribution in [3.8, 4) is 11.5 Å². The molecule has 2 aromatic carbocycles. The van der Waals surface area contributed by atoms with Gasteiger partial charge in [0.25, 0.3) is 5.91 Å². The molecule has 1 saturated heterocycles. The fourth-order valence-electron chi connectivity index (χ4n) is 4.95. The predicted molar refractivity (Wildman–Crippen MR) is 110 cm³/mol. The molecule has 5 rings (SSSR count). The van der Waals surface area contributed by atoms with Crippen LogP contribution in [0.3, 0.4) is 0 Å². The number of halogens is 1. The van der Waals surface area contributed by atoms with Crippen LogP contribution in [-0.4, -0.2) is 47.8 Å². The van der Waals surface area contributed by atoms with Gasteiger partial charge in [0, 0.05) is 24.5 Å². The van der Waals surface area contributed by atoms with Gasteiger partial charge in [0.05, 0.1) is 18.3 Å². The first-order chi connectivity index (χ1) is 14.1. The van der Waals surface area contributed by atoms with Crippen molar-refractivity contribution in [2.75, 3.05) is 19.7 Å². The Kier molecular flexibility index (Phi) is 4.88. The molecule has 1 N–H and O–H groups in total. The molecule has 1 aliphatic carbocycles. The standard InChI is InChI=1S/C23H24ClNO4/c24-17-4-2-5-18(11-17)29-21-10-16-13-25(12-15(16)9-20(21)26)23(27)19-6-1-3-14-7-8-28-22(14)19/h1-6,11,15-16,20-21,26H,7-10,12-13H2/t15-,16+,20+,21+/m0/s1. The fourth-order valence-corrected chi connectivity index (χ4v) is 5.13. The molecule has 1 saturated carbocycles. The van der Waals surface area contributed by atoms with Gasteiger partial charge in [0.15, 0.2) is 0 Å². The summed E-state index contributed by atoms with van der Waals surface area (Å²) in [6, 6.07) is 13.1. The number of amides is 1. The Bertz CT molecular complexity index is 933. The van der Waals surface area contributed by atoms with E-state index in [1.807, 2.05) is 35.2 Å². The second-order valence-corrected chi connectivity index (χ2v) is 8.71. The van der Waals surface area contributed by atoms with Crippen molar-refractivity contribution < 1.29 is 19.4 Å². The topological polar surface area (TPSA) is 59.0 Å². The predicted octanol–water partition coefficient (Wildman–Crippen LogP) is 3.57. The van der Waals surface area contributed by atoms with E-state index in [4.69, 9.17) is 21.1 Å². The minimum Gasteiger partial charge on any atom is -0.492 e. The number of hydrogen-bond acceptors (Lipinski definition) is 4. The SMILES string of the molecule is O=C(c1cccc2c1OCC2)N1C[C@H]2C[C@@H](Oc3cccc(Cl)c3)[C@H](O)C[C@H]2C1. The molecule has 0 unspecified atom stereocenters. The van der Waals surface area contributed by atoms with Crippen molar-refractivity contribution >= 4 is 17.5 Å². The van der Waals surface area contributed by atoms with E-state index in [9.17, 15) is 9.90 Å². The largest absolute Gasteiger partial charge is 0.492 e. The third kappa shape index (κ3) is 3.58. The first-order valence-corrected chi connectivity index (χ1v) is 10.6. The van der Waals surface area contributed by atoms with E-state index in [0.29, 0.717) is 54.3 Å². The van der Waals surface area contributed by atoms with Gasteiger partial charge in [-0.2, -0.15) is 0 Å². The molecule has 5 nitrogen and oxygen atoms in total. The van der Waals surface area contributed by atoms with Gasteiger partial charge in [-0.3, -0.25) is 4.79 Å². The number of benzene rings is 2. The number of aliphatic hydroxyl groups excluding tert-OH is 1. The number of nitrogens with zero attached hydrogens (tertiary/aromatic N) is 1. The Morgan fingerprint density at radius 2 is 1.93 bits per heavy atom. The molecule has 0 aromatic heterocycles. The summed E-state index contributed by atoms with van der Waals surface area (Å²) >= 11 is 6.04. The Morgan fingerprint density at radius 1 is 1.14 bits per heavy atom. The molecule has 6 heteroatoms. The molecule has 2 aliphatic heterocycles. The summed E-state index contributed by atoms with van der Waals surface area (Å²) in [5.74, 6) is 2.06. The lowest BCUT2D eigenvalue weighted by Gasteiger charge is -2.35. The number of carbonyl (C=O) groups excluding carboxylic acids is 1. The highest BCUT2D eigenvalue weighted by atomic mass is 35.5. The normalized spacial score (nSPS) is 27.9. The van der Waals surface area contributed by atoms with Crippen molar-refractivity contribution in [1.82, 2.24) is 4.90 Å². The highest BCUT2D eigenvalue weighted by Gasteiger charge is 2.44. The second-order valence-electron chi connectivity index (χ2n) is 8.28. The van der Waals surface area contributed by atoms with Crippen LogP contribution in [0.4, 0.5) is 0 Å². The third-order valence-corrected chi connectivity index (χ3v) is 6.64. The lowest BCUT2D eigenvalue weighted by Crippen LogP contribution is -2.42. The molecule has 4 atom stereocenters. The van der Waals surface area contributed by atoms with Gasteiger partial charge in [-0.15, -0.1) is 0 Å². The second kappa shape index (κ2) is 7.54. The highest BCUT2D eigenvalue weighted by Crippen LogP contribution is 2.39. The molecule has 2 fully saturated rings. The van der Waals surface area contributed by atoms with Gasteiger partial charge in [-0.05, 0) is 54.5 Å². The van der Waals surface area contributed by atoms with Gasteiger partial charge < -0.3 is 19.5 Å². The molecule has 152 valence electrons. The maximum Gasteiger partial charge on any atom is 0.257 e. The van der Waals surface area contributed by atoms with E-state index in [-0.39, 0.29) is 12.0 Å². The summed E-state index contributed by atoms with van der Waals surface area (Å²) in [6.07, 6.45) is 1.40. The number of likely N-dealkylation sites (tertiary alicyclic amines) is 1. The molecule has 2 aromatic rings. The van der Waals surface area contributed by atoms with Crippen LogP contribution in [0.25, 0.3) is 0 Å². The molecule has 29 heavy (non-hydrogen) atoms. The zero-order chi connectivity index (χ0) is 20.0. The van der Waals surface area contributed by atoms with Crippen molar-refractivity contribution in [2.24, 2.45) is 11.8 Å². The Balaban J connectivity index is 1.29. The van der Waals surface area contributed by atoms with Crippen LogP contribution in [0.5, 0.6) is 11.5 Å². The van der Waals surface area contributed by atoms with E-state index in [1.165, 1.54) is 0 Å². The summed E-state index contributed by atoms with van der Waals surface area (Å²) < 4.78 is 11.8. The Morgan fingerprint density at radius 3 is 2.76 bits per heavy atom. The van der Waals surface area contributed by atoms with Crippen molar-refractivity contribution in [2.45, 2.75) is 31.5 Å². The molecule has 3 aliphatic rings. The van der Waals surface area contributed by atoms with E-state index in [0.717, 1.165) is 24.2 Å². The molecule has 0 radical (unpaired) electrons. The van der Waals surface area contributed by atoms with Gasteiger partial charge in [-0.25, -0.2) is 0 Å². The average molecular weight is 414 g/mol. The molecule has 1 amide bonds. The number of ether oxygens (including phenoxy) is 2. The number of para-hydroxylation sites is 1. The highest BCUT2D eigenvalue weighted by molar-refractivity contribution is 6.30. The van der Waals surface area contributed by atoms with Crippen LogP contribution in [-0.2, 0) is 6.42 Å². The summed E-state index contributed by atoms with van der Waals surface area (Å²) in [5.41, 5.74) is 1.77. The van der Waals surface area contributed by atoms with Crippen molar-refractivity contribution in [1.29, 1.82) is 0 Å². The number of carbonyl (C=O) groups is 1. The average Bonchev–Trinajstić information content (AvgIpc) is 3.34. The summed E-state index contributed by atoms with van der Waals surface area (Å²) in [7, 11) is 0. The Labute approximate surface area is 175 Å². The van der Waals surface area contributed by atoms with Crippen LogP contribution in [0.2, 0.25) is 5.02 Å². The molecular weight excluding hydrogens is 390 g/mol. The zero-order valence-electron chi connectivity index (χ0n) is 16.1. The lowest BCUT2D eigenvalue weighted by atomic mass is 9.78. The first-order valence-electron chi connectivity index (χ1n) is 10.2. The molecular formula is C23H24ClNO4. The quantitative estimate of drug-likeness (QED) is 0.835. The summed E-state index contributed by atoms with van der Waals surface area (Å²) in [4.78, 5) is 15.1. The number of aliphatic hydroxyl groups is 1. The van der Waals surface area contributed by atoms with E-state index < -0.39 is 6.10 Å². The monoisotopic (exact) mass is 413 g/mol. The summed E-state index contributed by atoms with van der Waals surface area (Å²) in [5, 5.41) is 11.2. The van der Waals surface area contributed by atoms with Crippen molar-refractivity contribution in [3.63, 3.8) is 0 Å². The fraction of sp³-hybridized carbons (Fsp3) is 0.435. The molecule has 0 spiro atoms. The van der Waals surface area contributed by atoms with Gasteiger partial charge in [0.2, 0.25) is 0 Å². The maximum absolute atomic E-state index is 13.2. The van der Waals surface area contributed by atoms with Crippen LogP contribution in [0.1, 0.15) is 28.8 Å².